The Balaban J connectivity index is 3.37. The molecular formula is C14H26O5. The molecule has 5 heteroatoms. The van der Waals surface area contributed by atoms with E-state index in [1.807, 2.05) is 6.92 Å². The molecule has 19 heavy (non-hydrogen) atoms. The first-order valence-corrected chi connectivity index (χ1v) is 7.05. The highest BCUT2D eigenvalue weighted by Gasteiger charge is 2.06. The third-order valence-corrected chi connectivity index (χ3v) is 2.57. The van der Waals surface area contributed by atoms with Gasteiger partial charge in [0.05, 0.1) is 19.3 Å². The highest BCUT2D eigenvalue weighted by atomic mass is 16.5. The summed E-state index contributed by atoms with van der Waals surface area (Å²) in [5.41, 5.74) is 0. The van der Waals surface area contributed by atoms with E-state index in [2.05, 4.69) is 0 Å². The molecule has 0 amide bonds. The van der Waals surface area contributed by atoms with E-state index in [0.717, 1.165) is 12.8 Å². The second-order valence-electron chi connectivity index (χ2n) is 4.64. The number of carbonyl (C=O) groups excluding carboxylic acids is 2. The number of hydrogen-bond acceptors (Lipinski definition) is 5. The first kappa shape index (κ1) is 17.9. The van der Waals surface area contributed by atoms with Crippen molar-refractivity contribution in [3.05, 3.63) is 0 Å². The molecule has 0 fully saturated rings. The maximum atomic E-state index is 11.3. The van der Waals surface area contributed by atoms with Gasteiger partial charge in [-0.3, -0.25) is 9.59 Å². The van der Waals surface area contributed by atoms with Crippen molar-refractivity contribution in [1.82, 2.24) is 0 Å². The van der Waals surface area contributed by atoms with Gasteiger partial charge in [0.2, 0.25) is 0 Å². The van der Waals surface area contributed by atoms with Crippen LogP contribution in [-0.2, 0) is 19.1 Å². The summed E-state index contributed by atoms with van der Waals surface area (Å²) < 4.78 is 9.92. The number of aliphatic hydroxyl groups excluding tert-OH is 1. The summed E-state index contributed by atoms with van der Waals surface area (Å²) in [5, 5.41) is 8.99. The van der Waals surface area contributed by atoms with E-state index in [9.17, 15) is 9.59 Å². The summed E-state index contributed by atoms with van der Waals surface area (Å²) in [6, 6.07) is 0. The van der Waals surface area contributed by atoms with Gasteiger partial charge >= 0.3 is 11.9 Å². The van der Waals surface area contributed by atoms with Gasteiger partial charge in [-0.05, 0) is 26.2 Å². The Kier molecular flexibility index (Phi) is 11.3. The molecule has 0 spiro atoms. The van der Waals surface area contributed by atoms with E-state index in [1.54, 1.807) is 6.92 Å². The van der Waals surface area contributed by atoms with Gasteiger partial charge in [0.1, 0.15) is 0 Å². The van der Waals surface area contributed by atoms with Crippen LogP contribution < -0.4 is 0 Å². The quantitative estimate of drug-likeness (QED) is 0.462. The molecule has 112 valence electrons. The second kappa shape index (κ2) is 12.0. The fraction of sp³-hybridized carbons (Fsp3) is 0.857. The van der Waals surface area contributed by atoms with Crippen LogP contribution in [0.5, 0.6) is 0 Å². The minimum atomic E-state index is -0.453. The SMILES string of the molecule is CCCCOC(=O)CCCCC(=O)OCCC(C)O. The normalized spacial score (nSPS) is 11.9. The van der Waals surface area contributed by atoms with Crippen LogP contribution in [-0.4, -0.2) is 36.4 Å². The Bertz CT molecular complexity index is 250. The van der Waals surface area contributed by atoms with E-state index < -0.39 is 6.10 Å². The van der Waals surface area contributed by atoms with E-state index in [0.29, 0.717) is 38.7 Å². The van der Waals surface area contributed by atoms with Crippen LogP contribution >= 0.6 is 0 Å². The molecule has 5 nitrogen and oxygen atoms in total. The number of ether oxygens (including phenoxy) is 2. The predicted octanol–water partition coefficient (Wildman–Crippen LogP) is 2.20. The number of carbonyl (C=O) groups is 2. The van der Waals surface area contributed by atoms with Crippen molar-refractivity contribution in [1.29, 1.82) is 0 Å². The van der Waals surface area contributed by atoms with Gasteiger partial charge < -0.3 is 14.6 Å². The topological polar surface area (TPSA) is 72.8 Å². The molecule has 0 aromatic rings. The molecule has 0 saturated heterocycles. The molecular weight excluding hydrogens is 248 g/mol. The molecule has 0 saturated carbocycles. The lowest BCUT2D eigenvalue weighted by Crippen LogP contribution is -2.11. The highest BCUT2D eigenvalue weighted by molar-refractivity contribution is 5.70. The summed E-state index contributed by atoms with van der Waals surface area (Å²) in [5.74, 6) is -0.476. The van der Waals surface area contributed by atoms with Gasteiger partial charge in [-0.25, -0.2) is 0 Å². The number of rotatable bonds is 11. The number of unbranched alkanes of at least 4 members (excludes halogenated alkanes) is 2. The molecule has 1 N–H and O–H groups in total. The molecule has 0 heterocycles. The average Bonchev–Trinajstić information content (AvgIpc) is 2.34. The summed E-state index contributed by atoms with van der Waals surface area (Å²) in [6.07, 6.45) is 3.81. The standard InChI is InChI=1S/C14H26O5/c1-3-4-10-18-13(16)7-5-6-8-14(17)19-11-9-12(2)15/h12,15H,3-11H2,1-2H3. The largest absolute Gasteiger partial charge is 0.466 e. The van der Waals surface area contributed by atoms with Crippen LogP contribution in [0.4, 0.5) is 0 Å². The smallest absolute Gasteiger partial charge is 0.305 e. The summed E-state index contributed by atoms with van der Waals surface area (Å²) in [6.45, 7) is 4.42. The Hall–Kier alpha value is -1.10. The molecule has 1 atom stereocenters. The van der Waals surface area contributed by atoms with Crippen molar-refractivity contribution in [2.75, 3.05) is 13.2 Å². The van der Waals surface area contributed by atoms with Crippen LogP contribution in [0, 0.1) is 0 Å². The van der Waals surface area contributed by atoms with Crippen LogP contribution in [0.3, 0.4) is 0 Å². The summed E-state index contributed by atoms with van der Waals surface area (Å²) in [7, 11) is 0. The Morgan fingerprint density at radius 3 is 2.00 bits per heavy atom. The van der Waals surface area contributed by atoms with Crippen LogP contribution in [0.1, 0.15) is 58.8 Å². The summed E-state index contributed by atoms with van der Waals surface area (Å²) in [4.78, 5) is 22.5. The van der Waals surface area contributed by atoms with E-state index in [-0.39, 0.29) is 18.5 Å². The average molecular weight is 274 g/mol. The molecule has 0 aromatic heterocycles. The van der Waals surface area contributed by atoms with E-state index >= 15 is 0 Å². The minimum absolute atomic E-state index is 0.198. The van der Waals surface area contributed by atoms with Crippen LogP contribution in [0.25, 0.3) is 0 Å². The van der Waals surface area contributed by atoms with Crippen molar-refractivity contribution >= 4 is 11.9 Å². The molecule has 0 aliphatic carbocycles. The number of hydrogen-bond donors (Lipinski definition) is 1. The van der Waals surface area contributed by atoms with Gasteiger partial charge in [0, 0.05) is 19.3 Å². The molecule has 0 aliphatic rings. The van der Waals surface area contributed by atoms with Gasteiger partial charge in [-0.1, -0.05) is 13.3 Å². The van der Waals surface area contributed by atoms with Gasteiger partial charge in [0.25, 0.3) is 0 Å². The molecule has 0 bridgehead atoms. The maximum absolute atomic E-state index is 11.3. The first-order chi connectivity index (χ1) is 9.06. The van der Waals surface area contributed by atoms with Crippen LogP contribution in [0.2, 0.25) is 0 Å². The first-order valence-electron chi connectivity index (χ1n) is 7.05. The Morgan fingerprint density at radius 1 is 1.00 bits per heavy atom. The highest BCUT2D eigenvalue weighted by Crippen LogP contribution is 2.04. The van der Waals surface area contributed by atoms with Crippen molar-refractivity contribution < 1.29 is 24.2 Å². The molecule has 0 radical (unpaired) electrons. The third kappa shape index (κ3) is 13.1. The zero-order valence-corrected chi connectivity index (χ0v) is 12.0. The van der Waals surface area contributed by atoms with Crippen molar-refractivity contribution in [3.63, 3.8) is 0 Å². The molecule has 1 unspecified atom stereocenters. The number of aliphatic hydroxyl groups is 1. The fourth-order valence-corrected chi connectivity index (χ4v) is 1.36. The molecule has 0 rings (SSSR count). The zero-order chi connectivity index (χ0) is 14.5. The van der Waals surface area contributed by atoms with Crippen LogP contribution in [0.15, 0.2) is 0 Å². The van der Waals surface area contributed by atoms with E-state index in [4.69, 9.17) is 14.6 Å². The van der Waals surface area contributed by atoms with Gasteiger partial charge in [-0.15, -0.1) is 0 Å². The van der Waals surface area contributed by atoms with Gasteiger partial charge in [-0.2, -0.15) is 0 Å². The molecule has 0 aromatic carbocycles. The van der Waals surface area contributed by atoms with Gasteiger partial charge in [0.15, 0.2) is 0 Å². The van der Waals surface area contributed by atoms with E-state index in [1.165, 1.54) is 0 Å². The fourth-order valence-electron chi connectivity index (χ4n) is 1.36. The van der Waals surface area contributed by atoms with Crippen molar-refractivity contribution in [3.8, 4) is 0 Å². The monoisotopic (exact) mass is 274 g/mol. The Morgan fingerprint density at radius 2 is 1.53 bits per heavy atom. The maximum Gasteiger partial charge on any atom is 0.305 e. The lowest BCUT2D eigenvalue weighted by molar-refractivity contribution is -0.146. The lowest BCUT2D eigenvalue weighted by Gasteiger charge is -2.06. The third-order valence-electron chi connectivity index (χ3n) is 2.57. The van der Waals surface area contributed by atoms with Crippen molar-refractivity contribution in [2.45, 2.75) is 64.9 Å². The number of esters is 2. The summed E-state index contributed by atoms with van der Waals surface area (Å²) >= 11 is 0. The van der Waals surface area contributed by atoms with Crippen molar-refractivity contribution in [2.24, 2.45) is 0 Å². The predicted molar refractivity (Wildman–Crippen MR) is 71.6 cm³/mol. The lowest BCUT2D eigenvalue weighted by atomic mass is 10.2. The second-order valence-corrected chi connectivity index (χ2v) is 4.64. The Labute approximate surface area is 115 Å². The molecule has 0 aliphatic heterocycles. The zero-order valence-electron chi connectivity index (χ0n) is 12.0. The minimum Gasteiger partial charge on any atom is -0.466 e.